The fourth-order valence-corrected chi connectivity index (χ4v) is 3.23. The first kappa shape index (κ1) is 20.6. The van der Waals surface area contributed by atoms with Crippen molar-refractivity contribution in [1.82, 2.24) is 9.66 Å². The lowest BCUT2D eigenvalue weighted by molar-refractivity contribution is 0.284. The zero-order chi connectivity index (χ0) is 22.5. The van der Waals surface area contributed by atoms with Crippen LogP contribution in [0.15, 0.2) is 81.4 Å². The van der Waals surface area contributed by atoms with Crippen LogP contribution in [0.3, 0.4) is 0 Å². The molecular weight excluding hydrogens is 408 g/mol. The van der Waals surface area contributed by atoms with Crippen molar-refractivity contribution in [3.8, 4) is 17.6 Å². The third-order valence-corrected chi connectivity index (χ3v) is 4.84. The Morgan fingerprint density at radius 3 is 2.66 bits per heavy atom. The van der Waals surface area contributed by atoms with E-state index in [2.05, 4.69) is 16.2 Å². The van der Waals surface area contributed by atoms with Gasteiger partial charge >= 0.3 is 5.69 Å². The highest BCUT2D eigenvalue weighted by Crippen LogP contribution is 2.31. The van der Waals surface area contributed by atoms with Gasteiger partial charge in [-0.3, -0.25) is 4.79 Å². The number of nitrogens with zero attached hydrogens (tertiary/aromatic N) is 3. The predicted molar refractivity (Wildman–Crippen MR) is 120 cm³/mol. The first-order valence-electron chi connectivity index (χ1n) is 9.68. The Labute approximate surface area is 182 Å². The average Bonchev–Trinajstić information content (AvgIpc) is 2.83. The molecule has 0 saturated heterocycles. The number of ether oxygens (including phenoxy) is 2. The first-order chi connectivity index (χ1) is 15.6. The second-order valence-corrected chi connectivity index (χ2v) is 6.77. The van der Waals surface area contributed by atoms with E-state index < -0.39 is 11.2 Å². The maximum atomic E-state index is 12.7. The topological polar surface area (TPSA) is 109 Å². The standard InChI is InChI=1S/C24H18N4O4/c1-31-21-12-6-9-17(22(21)32-15-18-8-3-2-7-16(18)13-25)14-26-28-23(29)19-10-4-5-11-20(19)27-24(28)30/h2-12,14H,15H2,1H3,(H,27,30). The molecule has 8 nitrogen and oxygen atoms in total. The first-order valence-corrected chi connectivity index (χ1v) is 9.68. The molecule has 0 saturated carbocycles. The van der Waals surface area contributed by atoms with Crippen molar-refractivity contribution in [3.63, 3.8) is 0 Å². The van der Waals surface area contributed by atoms with E-state index >= 15 is 0 Å². The molecule has 0 aliphatic heterocycles. The molecule has 32 heavy (non-hydrogen) atoms. The molecule has 0 unspecified atom stereocenters. The van der Waals surface area contributed by atoms with Gasteiger partial charge in [-0.25, -0.2) is 4.79 Å². The monoisotopic (exact) mass is 426 g/mol. The number of hydrogen-bond donors (Lipinski definition) is 1. The quantitative estimate of drug-likeness (QED) is 0.477. The number of fused-ring (bicyclic) bond motifs is 1. The number of aromatic amines is 1. The van der Waals surface area contributed by atoms with Crippen molar-refractivity contribution < 1.29 is 9.47 Å². The van der Waals surface area contributed by atoms with Crippen LogP contribution in [0.25, 0.3) is 10.9 Å². The lowest BCUT2D eigenvalue weighted by Gasteiger charge is -2.13. The van der Waals surface area contributed by atoms with Gasteiger partial charge in [-0.2, -0.15) is 10.4 Å². The minimum absolute atomic E-state index is 0.126. The van der Waals surface area contributed by atoms with E-state index in [-0.39, 0.29) is 6.61 Å². The molecule has 0 fully saturated rings. The summed E-state index contributed by atoms with van der Waals surface area (Å²) in [4.78, 5) is 27.7. The minimum Gasteiger partial charge on any atom is -0.493 e. The van der Waals surface area contributed by atoms with Gasteiger partial charge in [0.05, 0.1) is 35.9 Å². The normalized spacial score (nSPS) is 10.9. The van der Waals surface area contributed by atoms with Crippen molar-refractivity contribution in [2.75, 3.05) is 7.11 Å². The maximum Gasteiger partial charge on any atom is 0.349 e. The molecule has 0 spiro atoms. The van der Waals surface area contributed by atoms with Crippen LogP contribution in [0.4, 0.5) is 0 Å². The Balaban J connectivity index is 1.72. The van der Waals surface area contributed by atoms with Crippen molar-refractivity contribution in [2.24, 2.45) is 5.10 Å². The van der Waals surface area contributed by atoms with Gasteiger partial charge in [0.25, 0.3) is 5.56 Å². The minimum atomic E-state index is -0.654. The molecule has 0 aliphatic rings. The van der Waals surface area contributed by atoms with E-state index in [1.165, 1.54) is 13.3 Å². The van der Waals surface area contributed by atoms with Gasteiger partial charge in [-0.1, -0.05) is 36.4 Å². The summed E-state index contributed by atoms with van der Waals surface area (Å²) in [5.41, 5.74) is 0.971. The number of hydrogen-bond acceptors (Lipinski definition) is 6. The lowest BCUT2D eigenvalue weighted by atomic mass is 10.1. The number of H-pyrrole nitrogens is 1. The van der Waals surface area contributed by atoms with Crippen LogP contribution in [0.2, 0.25) is 0 Å². The number of nitriles is 1. The average molecular weight is 426 g/mol. The Hall–Kier alpha value is -4.64. The van der Waals surface area contributed by atoms with E-state index in [1.807, 2.05) is 6.07 Å². The second kappa shape index (κ2) is 9.02. The largest absolute Gasteiger partial charge is 0.493 e. The Bertz CT molecular complexity index is 1480. The van der Waals surface area contributed by atoms with E-state index in [4.69, 9.17) is 9.47 Å². The van der Waals surface area contributed by atoms with Gasteiger partial charge in [0.1, 0.15) is 6.61 Å². The molecular formula is C24H18N4O4. The summed E-state index contributed by atoms with van der Waals surface area (Å²) >= 11 is 0. The molecule has 3 aromatic carbocycles. The van der Waals surface area contributed by atoms with Crippen molar-refractivity contribution in [1.29, 1.82) is 5.26 Å². The predicted octanol–water partition coefficient (Wildman–Crippen LogP) is 3.03. The molecule has 1 aromatic heterocycles. The summed E-state index contributed by atoms with van der Waals surface area (Å²) in [6.45, 7) is 0.126. The van der Waals surface area contributed by atoms with E-state index in [0.29, 0.717) is 39.1 Å². The summed E-state index contributed by atoms with van der Waals surface area (Å²) in [7, 11) is 1.50. The molecule has 158 valence electrons. The van der Waals surface area contributed by atoms with Crippen LogP contribution in [0.1, 0.15) is 16.7 Å². The van der Waals surface area contributed by atoms with Crippen LogP contribution in [-0.2, 0) is 6.61 Å². The highest BCUT2D eigenvalue weighted by atomic mass is 16.5. The Kier molecular flexibility index (Phi) is 5.81. The number of benzene rings is 3. The van der Waals surface area contributed by atoms with Gasteiger partial charge in [-0.15, -0.1) is 4.68 Å². The lowest BCUT2D eigenvalue weighted by Crippen LogP contribution is -2.32. The van der Waals surface area contributed by atoms with Gasteiger partial charge in [0, 0.05) is 11.1 Å². The van der Waals surface area contributed by atoms with Crippen molar-refractivity contribution >= 4 is 17.1 Å². The summed E-state index contributed by atoms with van der Waals surface area (Å²) in [6.07, 6.45) is 1.36. The van der Waals surface area contributed by atoms with Crippen molar-refractivity contribution in [3.05, 3.63) is 104 Å². The van der Waals surface area contributed by atoms with E-state index in [1.54, 1.807) is 60.7 Å². The number of aromatic nitrogens is 2. The number of rotatable bonds is 6. The molecule has 4 rings (SSSR count). The molecule has 4 aromatic rings. The number of nitrogens with one attached hydrogen (secondary N) is 1. The zero-order valence-corrected chi connectivity index (χ0v) is 17.1. The molecule has 1 N–H and O–H groups in total. The Morgan fingerprint density at radius 1 is 1.06 bits per heavy atom. The van der Waals surface area contributed by atoms with E-state index in [9.17, 15) is 14.9 Å². The van der Waals surface area contributed by atoms with E-state index in [0.717, 1.165) is 4.68 Å². The third-order valence-electron chi connectivity index (χ3n) is 4.84. The smallest absolute Gasteiger partial charge is 0.349 e. The SMILES string of the molecule is COc1cccc(C=Nn2c(=O)[nH]c3ccccc3c2=O)c1OCc1ccccc1C#N. The fraction of sp³-hybridized carbons (Fsp3) is 0.0833. The summed E-state index contributed by atoms with van der Waals surface area (Å²) in [5.74, 6) is 0.819. The molecule has 0 amide bonds. The maximum absolute atomic E-state index is 12.7. The van der Waals surface area contributed by atoms with Crippen LogP contribution < -0.4 is 20.7 Å². The molecule has 0 radical (unpaired) electrons. The number of methoxy groups -OCH3 is 1. The van der Waals surface area contributed by atoms with Crippen LogP contribution in [0.5, 0.6) is 11.5 Å². The molecule has 0 atom stereocenters. The highest BCUT2D eigenvalue weighted by molar-refractivity contribution is 5.85. The second-order valence-electron chi connectivity index (χ2n) is 6.77. The third kappa shape index (κ3) is 4.00. The van der Waals surface area contributed by atoms with Crippen LogP contribution in [0, 0.1) is 11.3 Å². The summed E-state index contributed by atoms with van der Waals surface area (Å²) in [5, 5.41) is 13.7. The fourth-order valence-electron chi connectivity index (χ4n) is 3.23. The van der Waals surface area contributed by atoms with Crippen molar-refractivity contribution in [2.45, 2.75) is 6.61 Å². The number of para-hydroxylation sites is 2. The van der Waals surface area contributed by atoms with Gasteiger partial charge in [-0.05, 0) is 30.3 Å². The summed E-state index contributed by atoms with van der Waals surface area (Å²) < 4.78 is 12.1. The zero-order valence-electron chi connectivity index (χ0n) is 17.1. The highest BCUT2D eigenvalue weighted by Gasteiger charge is 2.12. The molecule has 0 bridgehead atoms. The van der Waals surface area contributed by atoms with Gasteiger partial charge in [0.15, 0.2) is 11.5 Å². The Morgan fingerprint density at radius 2 is 1.84 bits per heavy atom. The van der Waals surface area contributed by atoms with Gasteiger partial charge in [0.2, 0.25) is 0 Å². The van der Waals surface area contributed by atoms with Gasteiger partial charge < -0.3 is 14.5 Å². The van der Waals surface area contributed by atoms with Crippen LogP contribution >= 0.6 is 0 Å². The molecule has 0 aliphatic carbocycles. The van der Waals surface area contributed by atoms with Crippen LogP contribution in [-0.4, -0.2) is 23.0 Å². The molecule has 1 heterocycles. The molecule has 8 heteroatoms. The summed E-state index contributed by atoms with van der Waals surface area (Å²) in [6, 6.07) is 21.1.